The number of thiophene rings is 1. The fraction of sp³-hybridized carbons (Fsp3) is 0.0909. The first kappa shape index (κ1) is 9.09. The minimum absolute atomic E-state index is 0.589. The molecule has 14 heavy (non-hydrogen) atoms. The molecule has 0 aliphatic carbocycles. The van der Waals surface area contributed by atoms with Crippen LogP contribution in [0.25, 0.3) is 0 Å². The summed E-state index contributed by atoms with van der Waals surface area (Å²) in [6, 6.07) is 13.7. The molecule has 72 valence electrons. The van der Waals surface area contributed by atoms with Gasteiger partial charge in [-0.3, -0.25) is 0 Å². The molecule has 2 nitrogen and oxygen atoms in total. The van der Waals surface area contributed by atoms with Gasteiger partial charge in [-0.1, -0.05) is 18.2 Å². The van der Waals surface area contributed by atoms with Gasteiger partial charge in [-0.05, 0) is 24.3 Å². The Morgan fingerprint density at radius 2 is 1.86 bits per heavy atom. The van der Waals surface area contributed by atoms with Gasteiger partial charge in [0.25, 0.3) is 0 Å². The number of anilines is 1. The average molecular weight is 205 g/mol. The monoisotopic (exact) mass is 205 g/mol. The molecule has 0 unspecified atom stereocenters. The molecule has 0 saturated heterocycles. The van der Waals surface area contributed by atoms with Crippen molar-refractivity contribution in [3.8, 4) is 5.75 Å². The Labute approximate surface area is 86.9 Å². The van der Waals surface area contributed by atoms with Gasteiger partial charge in [-0.15, -0.1) is 11.3 Å². The first-order valence-electron chi connectivity index (χ1n) is 4.36. The van der Waals surface area contributed by atoms with Gasteiger partial charge in [0, 0.05) is 4.88 Å². The van der Waals surface area contributed by atoms with E-state index in [1.54, 1.807) is 11.3 Å². The summed E-state index contributed by atoms with van der Waals surface area (Å²) >= 11 is 1.56. The van der Waals surface area contributed by atoms with E-state index in [2.05, 4.69) is 0 Å². The number of hydrogen-bond acceptors (Lipinski definition) is 3. The van der Waals surface area contributed by atoms with E-state index >= 15 is 0 Å². The number of nitrogens with two attached hydrogens (primary N) is 1. The zero-order valence-electron chi connectivity index (χ0n) is 7.64. The zero-order chi connectivity index (χ0) is 9.80. The van der Waals surface area contributed by atoms with E-state index in [0.717, 1.165) is 15.6 Å². The third-order valence-electron chi connectivity index (χ3n) is 1.81. The van der Waals surface area contributed by atoms with Gasteiger partial charge >= 0.3 is 0 Å². The third-order valence-corrected chi connectivity index (χ3v) is 2.69. The van der Waals surface area contributed by atoms with E-state index in [-0.39, 0.29) is 0 Å². The molecular formula is C11H11NOS. The van der Waals surface area contributed by atoms with Gasteiger partial charge in [0.1, 0.15) is 12.4 Å². The number of hydrogen-bond donors (Lipinski definition) is 1. The average Bonchev–Trinajstić information content (AvgIpc) is 2.63. The molecule has 2 N–H and O–H groups in total. The Morgan fingerprint density at radius 1 is 1.07 bits per heavy atom. The highest BCUT2D eigenvalue weighted by molar-refractivity contribution is 7.15. The van der Waals surface area contributed by atoms with Gasteiger partial charge in [-0.25, -0.2) is 0 Å². The van der Waals surface area contributed by atoms with Crippen molar-refractivity contribution in [3.05, 3.63) is 47.3 Å². The van der Waals surface area contributed by atoms with E-state index < -0.39 is 0 Å². The van der Waals surface area contributed by atoms with E-state index in [4.69, 9.17) is 10.5 Å². The fourth-order valence-electron chi connectivity index (χ4n) is 1.14. The topological polar surface area (TPSA) is 35.2 Å². The summed E-state index contributed by atoms with van der Waals surface area (Å²) in [6.07, 6.45) is 0. The minimum atomic E-state index is 0.589. The quantitative estimate of drug-likeness (QED) is 0.836. The molecule has 0 spiro atoms. The lowest BCUT2D eigenvalue weighted by Gasteiger charge is -2.02. The molecule has 0 atom stereocenters. The van der Waals surface area contributed by atoms with Crippen LogP contribution in [0.3, 0.4) is 0 Å². The number of ether oxygens (including phenoxy) is 1. The first-order chi connectivity index (χ1) is 6.84. The second kappa shape index (κ2) is 4.15. The predicted molar refractivity (Wildman–Crippen MR) is 59.5 cm³/mol. The van der Waals surface area contributed by atoms with Crippen LogP contribution in [0.4, 0.5) is 5.00 Å². The molecule has 0 aliphatic heterocycles. The Morgan fingerprint density at radius 3 is 2.50 bits per heavy atom. The summed E-state index contributed by atoms with van der Waals surface area (Å²) in [5.74, 6) is 0.888. The minimum Gasteiger partial charge on any atom is -0.488 e. The molecule has 2 rings (SSSR count). The van der Waals surface area contributed by atoms with Crippen molar-refractivity contribution < 1.29 is 4.74 Å². The number of para-hydroxylation sites is 1. The van der Waals surface area contributed by atoms with E-state index in [1.165, 1.54) is 0 Å². The van der Waals surface area contributed by atoms with Crippen molar-refractivity contribution >= 4 is 16.3 Å². The summed E-state index contributed by atoms with van der Waals surface area (Å²) in [4.78, 5) is 1.14. The van der Waals surface area contributed by atoms with Crippen LogP contribution in [0, 0.1) is 0 Å². The molecule has 2 aromatic rings. The van der Waals surface area contributed by atoms with Crippen LogP contribution in [0.2, 0.25) is 0 Å². The number of rotatable bonds is 3. The molecule has 0 amide bonds. The SMILES string of the molecule is Nc1ccc(COc2ccccc2)s1. The van der Waals surface area contributed by atoms with Crippen LogP contribution in [-0.2, 0) is 6.61 Å². The summed E-state index contributed by atoms with van der Waals surface area (Å²) in [6.45, 7) is 0.589. The predicted octanol–water partition coefficient (Wildman–Crippen LogP) is 2.91. The van der Waals surface area contributed by atoms with E-state index in [1.807, 2.05) is 42.5 Å². The maximum Gasteiger partial charge on any atom is 0.123 e. The third kappa shape index (κ3) is 2.26. The standard InChI is InChI=1S/C11H11NOS/c12-11-7-6-10(14-11)8-13-9-4-2-1-3-5-9/h1-7H,8,12H2. The van der Waals surface area contributed by atoms with E-state index in [9.17, 15) is 0 Å². The highest BCUT2D eigenvalue weighted by atomic mass is 32.1. The Balaban J connectivity index is 1.95. The lowest BCUT2D eigenvalue weighted by Crippen LogP contribution is -1.91. The van der Waals surface area contributed by atoms with Gasteiger partial charge < -0.3 is 10.5 Å². The fourth-order valence-corrected chi connectivity index (χ4v) is 1.84. The Kier molecular flexibility index (Phi) is 2.70. The molecule has 1 aromatic carbocycles. The van der Waals surface area contributed by atoms with Crippen molar-refractivity contribution in [2.45, 2.75) is 6.61 Å². The van der Waals surface area contributed by atoms with Crippen molar-refractivity contribution in [1.29, 1.82) is 0 Å². The lowest BCUT2D eigenvalue weighted by atomic mass is 10.3. The van der Waals surface area contributed by atoms with Crippen LogP contribution in [0.5, 0.6) is 5.75 Å². The molecule has 0 aliphatic rings. The van der Waals surface area contributed by atoms with Crippen molar-refractivity contribution in [1.82, 2.24) is 0 Å². The first-order valence-corrected chi connectivity index (χ1v) is 5.18. The summed E-state index contributed by atoms with van der Waals surface area (Å²) in [5.41, 5.74) is 5.61. The second-order valence-corrected chi connectivity index (χ2v) is 4.11. The molecule has 3 heteroatoms. The largest absolute Gasteiger partial charge is 0.488 e. The van der Waals surface area contributed by atoms with Gasteiger partial charge in [0.05, 0.1) is 5.00 Å². The van der Waals surface area contributed by atoms with Gasteiger partial charge in [0.2, 0.25) is 0 Å². The van der Waals surface area contributed by atoms with Crippen LogP contribution in [-0.4, -0.2) is 0 Å². The highest BCUT2D eigenvalue weighted by Crippen LogP contribution is 2.20. The van der Waals surface area contributed by atoms with Crippen LogP contribution < -0.4 is 10.5 Å². The number of benzene rings is 1. The summed E-state index contributed by atoms with van der Waals surface area (Å²) in [5, 5.41) is 0.830. The molecule has 0 saturated carbocycles. The smallest absolute Gasteiger partial charge is 0.123 e. The maximum atomic E-state index is 5.61. The summed E-state index contributed by atoms with van der Waals surface area (Å²) in [7, 11) is 0. The van der Waals surface area contributed by atoms with Gasteiger partial charge in [0.15, 0.2) is 0 Å². The van der Waals surface area contributed by atoms with Crippen molar-refractivity contribution in [2.24, 2.45) is 0 Å². The second-order valence-electron chi connectivity index (χ2n) is 2.91. The van der Waals surface area contributed by atoms with Crippen LogP contribution in [0.1, 0.15) is 4.88 Å². The molecule has 0 fully saturated rings. The molecule has 1 heterocycles. The molecular weight excluding hydrogens is 194 g/mol. The Bertz CT molecular complexity index is 397. The summed E-state index contributed by atoms with van der Waals surface area (Å²) < 4.78 is 5.56. The lowest BCUT2D eigenvalue weighted by molar-refractivity contribution is 0.310. The zero-order valence-corrected chi connectivity index (χ0v) is 8.46. The van der Waals surface area contributed by atoms with Crippen molar-refractivity contribution in [2.75, 3.05) is 5.73 Å². The Hall–Kier alpha value is -1.48. The van der Waals surface area contributed by atoms with E-state index in [0.29, 0.717) is 6.61 Å². The molecule has 0 radical (unpaired) electrons. The maximum absolute atomic E-state index is 5.61. The highest BCUT2D eigenvalue weighted by Gasteiger charge is 1.97. The van der Waals surface area contributed by atoms with Gasteiger partial charge in [-0.2, -0.15) is 0 Å². The van der Waals surface area contributed by atoms with Crippen LogP contribution >= 0.6 is 11.3 Å². The van der Waals surface area contributed by atoms with Crippen LogP contribution in [0.15, 0.2) is 42.5 Å². The number of nitrogen functional groups attached to an aromatic ring is 1. The molecule has 0 bridgehead atoms. The van der Waals surface area contributed by atoms with Crippen molar-refractivity contribution in [3.63, 3.8) is 0 Å². The normalized spacial score (nSPS) is 10.0. The molecule has 1 aromatic heterocycles.